The summed E-state index contributed by atoms with van der Waals surface area (Å²) in [5, 5.41) is 25.7. The second kappa shape index (κ2) is 8.17. The Morgan fingerprint density at radius 2 is 1.64 bits per heavy atom. The fourth-order valence-corrected chi connectivity index (χ4v) is 1.70. The summed E-state index contributed by atoms with van der Waals surface area (Å²) in [5.41, 5.74) is 0. The highest BCUT2D eigenvalue weighted by Gasteiger charge is 2.23. The molecule has 14 heavy (non-hydrogen) atoms. The van der Waals surface area contributed by atoms with E-state index < -0.39 is 0 Å². The largest absolute Gasteiger partial charge is 0.400 e. The summed E-state index contributed by atoms with van der Waals surface area (Å²) in [6.45, 7) is 4.62. The van der Waals surface area contributed by atoms with Crippen LogP contribution in [0, 0.1) is 0 Å². The highest BCUT2D eigenvalue weighted by atomic mass is 16.3. The van der Waals surface area contributed by atoms with Gasteiger partial charge in [-0.1, -0.05) is 13.3 Å². The van der Waals surface area contributed by atoms with Crippen molar-refractivity contribution in [3.05, 3.63) is 0 Å². The number of likely N-dealkylation sites (tertiary alicyclic amines) is 1. The molecule has 0 aromatic heterocycles. The second-order valence-electron chi connectivity index (χ2n) is 3.66. The number of hydrogen-bond donors (Lipinski definition) is 3. The Balaban J connectivity index is 0.000000791. The molecule has 0 aliphatic carbocycles. The zero-order chi connectivity index (χ0) is 11.0. The van der Waals surface area contributed by atoms with E-state index in [4.69, 9.17) is 5.11 Å². The average Bonchev–Trinajstić information content (AvgIpc) is 2.16. The van der Waals surface area contributed by atoms with Gasteiger partial charge in [-0.2, -0.15) is 0 Å². The van der Waals surface area contributed by atoms with E-state index in [1.165, 1.54) is 6.42 Å². The van der Waals surface area contributed by atoms with E-state index in [1.807, 2.05) is 0 Å². The molecule has 1 fully saturated rings. The van der Waals surface area contributed by atoms with Crippen LogP contribution in [0.3, 0.4) is 0 Å². The number of unbranched alkanes of at least 4 members (excludes halogenated alkanes) is 1. The zero-order valence-corrected chi connectivity index (χ0v) is 9.19. The van der Waals surface area contributed by atoms with Crippen LogP contribution in [0.25, 0.3) is 0 Å². The molecule has 0 aromatic rings. The first-order valence-electron chi connectivity index (χ1n) is 5.25. The molecule has 1 aliphatic heterocycles. The Labute approximate surface area is 86.2 Å². The summed E-state index contributed by atoms with van der Waals surface area (Å²) in [6.07, 6.45) is 2.21. The van der Waals surface area contributed by atoms with E-state index in [0.717, 1.165) is 33.2 Å². The van der Waals surface area contributed by atoms with Gasteiger partial charge in [0.2, 0.25) is 0 Å². The van der Waals surface area contributed by atoms with E-state index in [1.54, 1.807) is 0 Å². The molecule has 0 aromatic carbocycles. The van der Waals surface area contributed by atoms with Gasteiger partial charge in [-0.15, -0.1) is 0 Å². The second-order valence-corrected chi connectivity index (χ2v) is 3.66. The smallest absolute Gasteiger partial charge is 0.0692 e. The number of hydrogen-bond acceptors (Lipinski definition) is 4. The molecule has 4 heteroatoms. The van der Waals surface area contributed by atoms with Gasteiger partial charge in [0, 0.05) is 26.6 Å². The lowest BCUT2D eigenvalue weighted by Gasteiger charge is -2.33. The van der Waals surface area contributed by atoms with Gasteiger partial charge in [0.05, 0.1) is 12.2 Å². The van der Waals surface area contributed by atoms with Crippen LogP contribution in [0.4, 0.5) is 0 Å². The molecule has 0 amide bonds. The minimum absolute atomic E-state index is 0.328. The maximum Gasteiger partial charge on any atom is 0.0692 e. The maximum absolute atomic E-state index is 9.35. The fraction of sp³-hybridized carbons (Fsp3) is 1.00. The summed E-state index contributed by atoms with van der Waals surface area (Å²) in [6, 6.07) is 0. The van der Waals surface area contributed by atoms with Crippen molar-refractivity contribution in [2.24, 2.45) is 0 Å². The van der Waals surface area contributed by atoms with Crippen LogP contribution in [0.15, 0.2) is 0 Å². The van der Waals surface area contributed by atoms with E-state index in [9.17, 15) is 10.2 Å². The van der Waals surface area contributed by atoms with Gasteiger partial charge in [-0.25, -0.2) is 0 Å². The normalized spacial score (nSPS) is 28.1. The van der Waals surface area contributed by atoms with Gasteiger partial charge < -0.3 is 15.3 Å². The molecule has 1 heterocycles. The van der Waals surface area contributed by atoms with Crippen LogP contribution in [-0.2, 0) is 0 Å². The van der Waals surface area contributed by atoms with Crippen LogP contribution in [0.1, 0.15) is 26.2 Å². The fourth-order valence-electron chi connectivity index (χ4n) is 1.70. The summed E-state index contributed by atoms with van der Waals surface area (Å²) in [4.78, 5) is 2.14. The first-order chi connectivity index (χ1) is 6.72. The van der Waals surface area contributed by atoms with Crippen LogP contribution < -0.4 is 0 Å². The zero-order valence-electron chi connectivity index (χ0n) is 9.19. The summed E-state index contributed by atoms with van der Waals surface area (Å²) < 4.78 is 0. The van der Waals surface area contributed by atoms with Gasteiger partial charge >= 0.3 is 0 Å². The van der Waals surface area contributed by atoms with Crippen LogP contribution >= 0.6 is 0 Å². The number of β-amino-alcohol motifs (C(OH)–C–C–N with tert-alkyl or cyclic N) is 2. The predicted molar refractivity (Wildman–Crippen MR) is 56.1 cm³/mol. The van der Waals surface area contributed by atoms with Gasteiger partial charge in [0.25, 0.3) is 0 Å². The van der Waals surface area contributed by atoms with E-state index in [-0.39, 0.29) is 12.2 Å². The Bertz CT molecular complexity index is 123. The van der Waals surface area contributed by atoms with Crippen molar-refractivity contribution in [2.45, 2.75) is 38.4 Å². The standard InChI is InChI=1S/C9H19NO2.CH4O/c1-2-3-4-10-6-8(11)5-9(12)7-10;1-2/h8-9,11-12H,2-7H2,1H3;2H,1H3/t8-,9+;. The molecule has 4 nitrogen and oxygen atoms in total. The lowest BCUT2D eigenvalue weighted by molar-refractivity contribution is -0.00824. The average molecular weight is 205 g/mol. The van der Waals surface area contributed by atoms with Gasteiger partial charge in [-0.3, -0.25) is 4.90 Å². The van der Waals surface area contributed by atoms with Crippen LogP contribution in [0.2, 0.25) is 0 Å². The van der Waals surface area contributed by atoms with Crippen molar-refractivity contribution in [3.63, 3.8) is 0 Å². The van der Waals surface area contributed by atoms with Crippen molar-refractivity contribution >= 4 is 0 Å². The number of piperidine rings is 1. The minimum atomic E-state index is -0.328. The molecular weight excluding hydrogens is 182 g/mol. The number of rotatable bonds is 3. The van der Waals surface area contributed by atoms with Crippen molar-refractivity contribution in [2.75, 3.05) is 26.7 Å². The summed E-state index contributed by atoms with van der Waals surface area (Å²) >= 11 is 0. The summed E-state index contributed by atoms with van der Waals surface area (Å²) in [7, 11) is 1.00. The van der Waals surface area contributed by atoms with Crippen molar-refractivity contribution in [1.82, 2.24) is 4.90 Å². The third kappa shape index (κ3) is 5.54. The van der Waals surface area contributed by atoms with E-state index >= 15 is 0 Å². The number of aliphatic hydroxyl groups is 3. The molecule has 1 rings (SSSR count). The molecule has 0 spiro atoms. The highest BCUT2D eigenvalue weighted by molar-refractivity contribution is 4.77. The Morgan fingerprint density at radius 1 is 1.14 bits per heavy atom. The Hall–Kier alpha value is -0.160. The van der Waals surface area contributed by atoms with Crippen LogP contribution in [0.5, 0.6) is 0 Å². The van der Waals surface area contributed by atoms with Crippen molar-refractivity contribution in [1.29, 1.82) is 0 Å². The monoisotopic (exact) mass is 205 g/mol. The SMILES string of the molecule is CCCCN1C[C@H](O)C[C@H](O)C1.CO. The first kappa shape index (κ1) is 13.8. The van der Waals surface area contributed by atoms with Gasteiger partial charge in [0.15, 0.2) is 0 Å². The maximum atomic E-state index is 9.35. The molecule has 1 aliphatic rings. The van der Waals surface area contributed by atoms with Gasteiger partial charge in [0.1, 0.15) is 0 Å². The van der Waals surface area contributed by atoms with Crippen molar-refractivity contribution < 1.29 is 15.3 Å². The minimum Gasteiger partial charge on any atom is -0.400 e. The number of aliphatic hydroxyl groups excluding tert-OH is 3. The third-order valence-electron chi connectivity index (χ3n) is 2.31. The molecule has 1 saturated heterocycles. The van der Waals surface area contributed by atoms with Crippen molar-refractivity contribution in [3.8, 4) is 0 Å². The molecule has 0 bridgehead atoms. The van der Waals surface area contributed by atoms with E-state index in [2.05, 4.69) is 11.8 Å². The van der Waals surface area contributed by atoms with Crippen LogP contribution in [-0.4, -0.2) is 59.2 Å². The third-order valence-corrected chi connectivity index (χ3v) is 2.31. The topological polar surface area (TPSA) is 63.9 Å². The van der Waals surface area contributed by atoms with E-state index in [0.29, 0.717) is 6.42 Å². The highest BCUT2D eigenvalue weighted by Crippen LogP contribution is 2.11. The molecule has 2 atom stereocenters. The molecule has 0 saturated carbocycles. The Morgan fingerprint density at radius 3 is 2.07 bits per heavy atom. The number of nitrogens with zero attached hydrogens (tertiary/aromatic N) is 1. The van der Waals surface area contributed by atoms with Gasteiger partial charge in [-0.05, 0) is 13.0 Å². The molecule has 3 N–H and O–H groups in total. The predicted octanol–water partition coefficient (Wildman–Crippen LogP) is -0.178. The Kier molecular flexibility index (Phi) is 8.08. The molecule has 0 radical (unpaired) electrons. The quantitative estimate of drug-likeness (QED) is 0.598. The molecular formula is C10H23NO3. The lowest BCUT2D eigenvalue weighted by atomic mass is 10.1. The molecule has 0 unspecified atom stereocenters. The lowest BCUT2D eigenvalue weighted by Crippen LogP contribution is -2.45. The first-order valence-corrected chi connectivity index (χ1v) is 5.25. The molecule has 86 valence electrons. The summed E-state index contributed by atoms with van der Waals surface area (Å²) in [5.74, 6) is 0.